The summed E-state index contributed by atoms with van der Waals surface area (Å²) in [5.74, 6) is 0.0866. The summed E-state index contributed by atoms with van der Waals surface area (Å²) in [6, 6.07) is 4.39. The van der Waals surface area contributed by atoms with Crippen LogP contribution in [-0.4, -0.2) is 50.1 Å². The number of rotatable bonds is 6. The lowest BCUT2D eigenvalue weighted by molar-refractivity contribution is -0.120. The Morgan fingerprint density at radius 1 is 1.20 bits per heavy atom. The number of piperazine rings is 1. The molecule has 0 bridgehead atoms. The molecule has 4 rings (SSSR count). The summed E-state index contributed by atoms with van der Waals surface area (Å²) in [5, 5.41) is 7.52. The maximum absolute atomic E-state index is 12.3. The van der Waals surface area contributed by atoms with Crippen LogP contribution < -0.4 is 10.6 Å². The van der Waals surface area contributed by atoms with Crippen molar-refractivity contribution < 1.29 is 9.21 Å². The number of nitrogens with zero attached hydrogens (tertiary/aromatic N) is 1. The molecule has 2 heterocycles. The van der Waals surface area contributed by atoms with E-state index in [2.05, 4.69) is 27.7 Å². The number of carbonyl (C=O) groups is 1. The van der Waals surface area contributed by atoms with Crippen LogP contribution in [0, 0.1) is 0 Å². The quantitative estimate of drug-likeness (QED) is 0.788. The van der Waals surface area contributed by atoms with E-state index in [1.165, 1.54) is 17.5 Å². The highest BCUT2D eigenvalue weighted by Crippen LogP contribution is 2.30. The van der Waals surface area contributed by atoms with Gasteiger partial charge in [-0.25, -0.2) is 0 Å². The summed E-state index contributed by atoms with van der Waals surface area (Å²) in [5.41, 5.74) is 4.75. The van der Waals surface area contributed by atoms with Crippen molar-refractivity contribution in [3.8, 4) is 0 Å². The van der Waals surface area contributed by atoms with Crippen molar-refractivity contribution in [2.24, 2.45) is 0 Å². The molecule has 1 saturated heterocycles. The zero-order valence-corrected chi connectivity index (χ0v) is 14.8. The maximum atomic E-state index is 12.3. The minimum atomic E-state index is 0.0866. The molecule has 0 saturated carbocycles. The number of benzene rings is 1. The summed E-state index contributed by atoms with van der Waals surface area (Å²) >= 11 is 0. The Hall–Kier alpha value is -1.85. The number of furan rings is 1. The summed E-state index contributed by atoms with van der Waals surface area (Å²) in [6.07, 6.45) is 6.68. The minimum Gasteiger partial charge on any atom is -0.464 e. The molecule has 2 aromatic rings. The van der Waals surface area contributed by atoms with Gasteiger partial charge in [-0.3, -0.25) is 4.79 Å². The highest BCUT2D eigenvalue weighted by atomic mass is 16.3. The number of aryl methyl sites for hydroxylation is 2. The predicted molar refractivity (Wildman–Crippen MR) is 98.9 cm³/mol. The summed E-state index contributed by atoms with van der Waals surface area (Å²) in [6.45, 7) is 6.17. The molecule has 1 aliphatic carbocycles. The fourth-order valence-electron chi connectivity index (χ4n) is 3.99. The first-order valence-electron chi connectivity index (χ1n) is 9.51. The lowest BCUT2D eigenvalue weighted by Gasteiger charge is -2.27. The van der Waals surface area contributed by atoms with Crippen molar-refractivity contribution in [1.29, 1.82) is 0 Å². The van der Waals surface area contributed by atoms with E-state index < -0.39 is 0 Å². The summed E-state index contributed by atoms with van der Waals surface area (Å²) in [4.78, 5) is 14.7. The van der Waals surface area contributed by atoms with Crippen molar-refractivity contribution >= 4 is 16.9 Å². The lowest BCUT2D eigenvalue weighted by atomic mass is 10.0. The molecule has 0 unspecified atom stereocenters. The van der Waals surface area contributed by atoms with E-state index in [9.17, 15) is 4.79 Å². The van der Waals surface area contributed by atoms with Crippen LogP contribution in [0.25, 0.3) is 11.0 Å². The Labute approximate surface area is 148 Å². The first-order valence-corrected chi connectivity index (χ1v) is 9.51. The van der Waals surface area contributed by atoms with E-state index >= 15 is 0 Å². The Bertz CT molecular complexity index is 747. The predicted octanol–water partition coefficient (Wildman–Crippen LogP) is 1.88. The van der Waals surface area contributed by atoms with Crippen LogP contribution in [0.5, 0.6) is 0 Å². The number of hydrogen-bond donors (Lipinski definition) is 2. The van der Waals surface area contributed by atoms with Gasteiger partial charge in [0.2, 0.25) is 5.91 Å². The normalized spacial score (nSPS) is 17.8. The van der Waals surface area contributed by atoms with Crippen LogP contribution >= 0.6 is 0 Å². The third-order valence-electron chi connectivity index (χ3n) is 5.40. The van der Waals surface area contributed by atoms with E-state index in [-0.39, 0.29) is 5.91 Å². The number of carbonyl (C=O) groups excluding carboxylic acids is 1. The minimum absolute atomic E-state index is 0.0866. The number of fused-ring (bicyclic) bond motifs is 2. The van der Waals surface area contributed by atoms with Crippen LogP contribution in [0.2, 0.25) is 0 Å². The van der Waals surface area contributed by atoms with Gasteiger partial charge in [-0.1, -0.05) is 0 Å². The van der Waals surface area contributed by atoms with Gasteiger partial charge in [0, 0.05) is 43.7 Å². The number of nitrogens with one attached hydrogen (secondary N) is 2. The molecule has 0 radical (unpaired) electrons. The van der Waals surface area contributed by atoms with Crippen molar-refractivity contribution in [2.75, 3.05) is 39.3 Å². The first-order chi connectivity index (χ1) is 12.3. The molecular weight excluding hydrogens is 314 g/mol. The Balaban J connectivity index is 1.28. The highest BCUT2D eigenvalue weighted by Gasteiger charge is 2.16. The van der Waals surface area contributed by atoms with Gasteiger partial charge in [-0.15, -0.1) is 0 Å². The molecule has 1 amide bonds. The Morgan fingerprint density at radius 3 is 2.84 bits per heavy atom. The smallest absolute Gasteiger partial charge is 0.224 e. The molecule has 0 atom stereocenters. The van der Waals surface area contributed by atoms with Crippen LogP contribution in [0.4, 0.5) is 0 Å². The zero-order valence-electron chi connectivity index (χ0n) is 14.8. The maximum Gasteiger partial charge on any atom is 0.224 e. The Morgan fingerprint density at radius 2 is 2.00 bits per heavy atom. The molecule has 1 aromatic carbocycles. The molecule has 1 fully saturated rings. The highest BCUT2D eigenvalue weighted by molar-refractivity contribution is 5.88. The van der Waals surface area contributed by atoms with Crippen molar-refractivity contribution in [3.63, 3.8) is 0 Å². The Kier molecular flexibility index (Phi) is 5.04. The van der Waals surface area contributed by atoms with Crippen molar-refractivity contribution in [3.05, 3.63) is 35.1 Å². The second kappa shape index (κ2) is 7.58. The fourth-order valence-corrected chi connectivity index (χ4v) is 3.99. The summed E-state index contributed by atoms with van der Waals surface area (Å²) in [7, 11) is 0. The number of amides is 1. The molecule has 134 valence electrons. The molecule has 25 heavy (non-hydrogen) atoms. The molecule has 0 spiro atoms. The number of hydrogen-bond acceptors (Lipinski definition) is 4. The van der Waals surface area contributed by atoms with Crippen LogP contribution in [0.15, 0.2) is 22.8 Å². The third-order valence-corrected chi connectivity index (χ3v) is 5.40. The van der Waals surface area contributed by atoms with E-state index in [1.54, 1.807) is 6.26 Å². The van der Waals surface area contributed by atoms with Gasteiger partial charge in [-0.05, 0) is 55.5 Å². The summed E-state index contributed by atoms with van der Waals surface area (Å²) < 4.78 is 5.69. The van der Waals surface area contributed by atoms with E-state index in [1.807, 2.05) is 0 Å². The molecular formula is C20H27N3O2. The molecule has 2 aliphatic rings. The average molecular weight is 341 g/mol. The second-order valence-electron chi connectivity index (χ2n) is 7.20. The third kappa shape index (κ3) is 3.88. The largest absolute Gasteiger partial charge is 0.464 e. The van der Waals surface area contributed by atoms with E-state index in [0.29, 0.717) is 6.42 Å². The van der Waals surface area contributed by atoms with E-state index in [0.717, 1.165) is 75.1 Å². The van der Waals surface area contributed by atoms with Gasteiger partial charge in [0.15, 0.2) is 0 Å². The van der Waals surface area contributed by atoms with Gasteiger partial charge in [0.1, 0.15) is 5.58 Å². The van der Waals surface area contributed by atoms with Gasteiger partial charge < -0.3 is 20.0 Å². The molecule has 1 aliphatic heterocycles. The van der Waals surface area contributed by atoms with E-state index in [4.69, 9.17) is 4.42 Å². The SMILES string of the molecule is O=C(Cc1coc2cc3c(cc12)CCC3)NCCCN1CCNCC1. The second-order valence-corrected chi connectivity index (χ2v) is 7.20. The standard InChI is InChI=1S/C20H27N3O2/c24-20(22-5-2-8-23-9-6-21-7-10-23)13-17-14-25-19-12-16-4-1-3-15(16)11-18(17)19/h11-12,14,21H,1-10,13H2,(H,22,24). The van der Waals surface area contributed by atoms with Gasteiger partial charge in [-0.2, -0.15) is 0 Å². The van der Waals surface area contributed by atoms with Gasteiger partial charge in [0.25, 0.3) is 0 Å². The van der Waals surface area contributed by atoms with Crippen LogP contribution in [0.1, 0.15) is 29.5 Å². The molecule has 1 aromatic heterocycles. The van der Waals surface area contributed by atoms with Crippen LogP contribution in [-0.2, 0) is 24.1 Å². The molecule has 5 nitrogen and oxygen atoms in total. The van der Waals surface area contributed by atoms with Gasteiger partial charge in [0.05, 0.1) is 12.7 Å². The first kappa shape index (κ1) is 16.6. The van der Waals surface area contributed by atoms with Crippen molar-refractivity contribution in [1.82, 2.24) is 15.5 Å². The van der Waals surface area contributed by atoms with Crippen molar-refractivity contribution in [2.45, 2.75) is 32.1 Å². The molecule has 5 heteroatoms. The van der Waals surface area contributed by atoms with Crippen LogP contribution in [0.3, 0.4) is 0 Å². The fraction of sp³-hybridized carbons (Fsp3) is 0.550. The van der Waals surface area contributed by atoms with Gasteiger partial charge >= 0.3 is 0 Å². The monoisotopic (exact) mass is 341 g/mol. The molecule has 2 N–H and O–H groups in total. The topological polar surface area (TPSA) is 57.5 Å². The lowest BCUT2D eigenvalue weighted by Crippen LogP contribution is -2.44. The average Bonchev–Trinajstić information content (AvgIpc) is 3.24. The zero-order chi connectivity index (χ0) is 17.1.